The predicted octanol–water partition coefficient (Wildman–Crippen LogP) is 1.42. The van der Waals surface area contributed by atoms with E-state index in [2.05, 4.69) is 0 Å². The molecule has 2 atom stereocenters. The molecule has 0 saturated carbocycles. The van der Waals surface area contributed by atoms with Crippen molar-refractivity contribution in [2.45, 2.75) is 32.2 Å². The van der Waals surface area contributed by atoms with Crippen molar-refractivity contribution in [3.63, 3.8) is 0 Å². The highest BCUT2D eigenvalue weighted by Crippen LogP contribution is 2.15. The van der Waals surface area contributed by atoms with E-state index in [0.29, 0.717) is 6.42 Å². The van der Waals surface area contributed by atoms with Crippen molar-refractivity contribution < 1.29 is 10.3 Å². The molecule has 0 aromatic heterocycles. The maximum Gasteiger partial charge on any atom is 0.0575 e. The number of piperidine rings is 1. The fourth-order valence-corrected chi connectivity index (χ4v) is 0.863. The van der Waals surface area contributed by atoms with E-state index in [-0.39, 0.29) is 6.42 Å². The zero-order valence-corrected chi connectivity index (χ0v) is 5.85. The highest BCUT2D eigenvalue weighted by atomic mass is 16.7. The van der Waals surface area contributed by atoms with E-state index in [1.807, 2.05) is 0 Å². The van der Waals surface area contributed by atoms with Crippen LogP contribution in [0.4, 0.5) is 0 Å². The number of hydrogen-bond donors (Lipinski definition) is 0. The molecule has 1 aliphatic heterocycles. The molecule has 0 spiro atoms. The summed E-state index contributed by atoms with van der Waals surface area (Å²) in [7, 11) is 1.34. The lowest BCUT2D eigenvalue weighted by Gasteiger charge is -2.30. The van der Waals surface area contributed by atoms with Gasteiger partial charge in [-0.15, -0.1) is 0 Å². The molecule has 0 N–H and O–H groups in total. The van der Waals surface area contributed by atoms with Crippen molar-refractivity contribution >= 4 is 0 Å². The van der Waals surface area contributed by atoms with Gasteiger partial charge in [0.25, 0.3) is 0 Å². The van der Waals surface area contributed by atoms with Crippen LogP contribution in [0.5, 0.6) is 0 Å². The van der Waals surface area contributed by atoms with Gasteiger partial charge in [-0.3, -0.25) is 0 Å². The second kappa shape index (κ2) is 3.18. The highest BCUT2D eigenvalue weighted by molar-refractivity contribution is 4.65. The summed E-state index contributed by atoms with van der Waals surface area (Å²) in [6.07, 6.45) is 0.00681. The van der Waals surface area contributed by atoms with Gasteiger partial charge in [0.05, 0.1) is 7.11 Å². The van der Waals surface area contributed by atoms with E-state index in [1.165, 1.54) is 14.0 Å². The smallest absolute Gasteiger partial charge is 0.0575 e. The van der Waals surface area contributed by atoms with Gasteiger partial charge in [-0.2, -0.15) is 5.06 Å². The first-order valence-electron chi connectivity index (χ1n) is 5.17. The third-order valence-electron chi connectivity index (χ3n) is 1.34. The van der Waals surface area contributed by atoms with Crippen LogP contribution in [0.3, 0.4) is 0 Å². The van der Waals surface area contributed by atoms with Gasteiger partial charge in [0.1, 0.15) is 0 Å². The van der Waals surface area contributed by atoms with Gasteiger partial charge >= 0.3 is 0 Å². The van der Waals surface area contributed by atoms with Crippen LogP contribution in [0.15, 0.2) is 0 Å². The zero-order chi connectivity index (χ0) is 10.3. The Labute approximate surface area is 62.4 Å². The second-order valence-electron chi connectivity index (χ2n) is 2.02. The lowest BCUT2D eigenvalue weighted by atomic mass is 10.1. The summed E-state index contributed by atoms with van der Waals surface area (Å²) in [5, 5.41) is 0.973. The Hall–Kier alpha value is -0.0800. The van der Waals surface area contributed by atoms with Crippen molar-refractivity contribution in [3.05, 3.63) is 0 Å². The maximum absolute atomic E-state index is 7.82. The first-order valence-corrected chi connectivity index (χ1v) is 3.09. The number of hydroxylamine groups is 2. The molecule has 0 aliphatic carbocycles. The summed E-state index contributed by atoms with van der Waals surface area (Å²) in [6, 6.07) is -1.31. The van der Waals surface area contributed by atoms with Crippen LogP contribution >= 0.6 is 0 Å². The highest BCUT2D eigenvalue weighted by Gasteiger charge is 2.16. The van der Waals surface area contributed by atoms with E-state index in [0.717, 1.165) is 5.06 Å². The molecule has 1 aliphatic rings. The van der Waals surface area contributed by atoms with Crippen LogP contribution < -0.4 is 0 Å². The summed E-state index contributed by atoms with van der Waals surface area (Å²) in [5.74, 6) is 0. The molecule has 9 heavy (non-hydrogen) atoms. The third kappa shape index (κ3) is 1.66. The van der Waals surface area contributed by atoms with Crippen molar-refractivity contribution in [2.75, 3.05) is 13.6 Å². The molecule has 1 rings (SSSR count). The topological polar surface area (TPSA) is 12.5 Å². The number of hydrogen-bond acceptors (Lipinski definition) is 2. The van der Waals surface area contributed by atoms with Crippen LogP contribution in [0.1, 0.15) is 31.6 Å². The van der Waals surface area contributed by atoms with Crippen molar-refractivity contribution in [3.8, 4) is 0 Å². The predicted molar refractivity (Wildman–Crippen MR) is 37.0 cm³/mol. The SMILES string of the molecule is [3H]C1CCC([3H])([3H])N(OC)C1([3H])C. The third-order valence-corrected chi connectivity index (χ3v) is 1.34. The second-order valence-corrected chi connectivity index (χ2v) is 2.02. The lowest BCUT2D eigenvalue weighted by molar-refractivity contribution is -0.169. The van der Waals surface area contributed by atoms with Gasteiger partial charge in [-0.1, -0.05) is 6.42 Å². The molecule has 2 heteroatoms. The Morgan fingerprint density at radius 3 is 3.11 bits per heavy atom. The summed E-state index contributed by atoms with van der Waals surface area (Å²) in [5.41, 5.74) is 0. The van der Waals surface area contributed by atoms with E-state index in [1.54, 1.807) is 0 Å². The quantitative estimate of drug-likeness (QED) is 0.542. The molecular formula is C7H15NO. The molecule has 2 nitrogen and oxygen atoms in total. The zero-order valence-electron chi connectivity index (χ0n) is 9.85. The molecule has 0 radical (unpaired) electrons. The molecule has 0 amide bonds. The van der Waals surface area contributed by atoms with Gasteiger partial charge in [0, 0.05) is 18.0 Å². The Balaban J connectivity index is 2.91. The summed E-state index contributed by atoms with van der Waals surface area (Å²) >= 11 is 0. The average molecular weight is 137 g/mol. The molecular weight excluding hydrogens is 114 g/mol. The number of nitrogens with zero attached hydrogens (tertiary/aromatic N) is 1. The maximum atomic E-state index is 7.82. The monoisotopic (exact) mass is 137 g/mol. The van der Waals surface area contributed by atoms with Gasteiger partial charge in [0.15, 0.2) is 0 Å². The minimum atomic E-state index is -1.64. The molecule has 1 saturated heterocycles. The molecule has 54 valence electrons. The molecule has 0 aromatic rings. The summed E-state index contributed by atoms with van der Waals surface area (Å²) in [6.45, 7) is -0.131. The number of rotatable bonds is 1. The molecule has 0 aromatic carbocycles. The minimum Gasteiger partial charge on any atom is -0.302 e. The largest absolute Gasteiger partial charge is 0.302 e. The van der Waals surface area contributed by atoms with Gasteiger partial charge in [-0.05, 0) is 19.7 Å². The fraction of sp³-hybridized carbons (Fsp3) is 1.00. The van der Waals surface area contributed by atoms with Crippen LogP contribution in [0.2, 0.25) is 0 Å². The standard InChI is InChI=1S/C7H15NO/c1-7-5-3-4-6-8(7)9-2/h7H,3-6H2,1-2H3/i5T,6T2,7T. The normalized spacial score (nSPS) is 59.1. The molecule has 2 unspecified atom stereocenters. The van der Waals surface area contributed by atoms with Gasteiger partial charge in [-0.25, -0.2) is 0 Å². The van der Waals surface area contributed by atoms with E-state index >= 15 is 0 Å². The molecule has 0 bridgehead atoms. The molecule has 1 fully saturated rings. The Bertz CT molecular complexity index is 197. The van der Waals surface area contributed by atoms with Crippen molar-refractivity contribution in [1.29, 1.82) is 0 Å². The fourth-order valence-electron chi connectivity index (χ4n) is 0.863. The molecule has 1 heterocycles. The van der Waals surface area contributed by atoms with E-state index in [9.17, 15) is 0 Å². The van der Waals surface area contributed by atoms with Gasteiger partial charge in [0.2, 0.25) is 0 Å². The Morgan fingerprint density at radius 1 is 1.78 bits per heavy atom. The minimum absolute atomic E-state index is 0.240. The van der Waals surface area contributed by atoms with Crippen LogP contribution in [-0.2, 0) is 4.84 Å². The summed E-state index contributed by atoms with van der Waals surface area (Å²) in [4.78, 5) is 4.84. The Morgan fingerprint density at radius 2 is 2.56 bits per heavy atom. The average Bonchev–Trinajstić information content (AvgIpc) is 1.98. The summed E-state index contributed by atoms with van der Waals surface area (Å²) < 4.78 is 30.6. The lowest BCUT2D eigenvalue weighted by Crippen LogP contribution is -2.36. The van der Waals surface area contributed by atoms with Crippen LogP contribution in [0, 0.1) is 0 Å². The first kappa shape index (κ1) is 3.35. The van der Waals surface area contributed by atoms with Crippen LogP contribution in [-0.4, -0.2) is 24.7 Å². The van der Waals surface area contributed by atoms with Crippen molar-refractivity contribution in [1.82, 2.24) is 5.06 Å². The van der Waals surface area contributed by atoms with Crippen molar-refractivity contribution in [2.24, 2.45) is 0 Å². The van der Waals surface area contributed by atoms with Crippen LogP contribution in [0.25, 0.3) is 0 Å². The van der Waals surface area contributed by atoms with E-state index in [4.69, 9.17) is 10.3 Å². The Kier molecular flexibility index (Phi) is 1.18. The van der Waals surface area contributed by atoms with Gasteiger partial charge < -0.3 is 4.84 Å². The first-order chi connectivity index (χ1) is 5.82. The van der Waals surface area contributed by atoms with E-state index < -0.39 is 18.9 Å².